The van der Waals surface area contributed by atoms with Gasteiger partial charge in [-0.3, -0.25) is 0 Å². The number of nitrogens with zero attached hydrogens (tertiary/aromatic N) is 4. The highest BCUT2D eigenvalue weighted by Crippen LogP contribution is 2.34. The van der Waals surface area contributed by atoms with Gasteiger partial charge in [0.15, 0.2) is 11.6 Å². The number of nitroso groups, excluding NO2 is 1. The molecule has 0 aliphatic carbocycles. The van der Waals surface area contributed by atoms with Gasteiger partial charge in [0, 0.05) is 13.1 Å². The summed E-state index contributed by atoms with van der Waals surface area (Å²) in [4.78, 5) is 21.9. The maximum Gasteiger partial charge on any atom is 0.165 e. The molecule has 1 aromatic carbocycles. The predicted molar refractivity (Wildman–Crippen MR) is 103 cm³/mol. The Morgan fingerprint density at radius 3 is 2.85 bits per heavy atom. The monoisotopic (exact) mass is 408 g/mol. The van der Waals surface area contributed by atoms with Crippen molar-refractivity contribution >= 4 is 39.0 Å². The Bertz CT molecular complexity index is 1010. The van der Waals surface area contributed by atoms with Crippen molar-refractivity contribution in [2.75, 3.05) is 18.0 Å². The molecule has 9 heteroatoms. The minimum atomic E-state index is -0.724. The predicted octanol–water partition coefficient (Wildman–Crippen LogP) is 5.42. The standard InChI is InChI=1S/C18H15ClF2N4OS/c19-12-9-13(20)11(8-14(12)21)17-22-15-4-7-27-16(15)18(23-17)25-5-1-2-10(24-26)3-6-25/h4,7-10H,1-3,5-6H2. The first-order valence-electron chi connectivity index (χ1n) is 8.54. The van der Waals surface area contributed by atoms with E-state index < -0.39 is 11.6 Å². The van der Waals surface area contributed by atoms with Gasteiger partial charge in [0.25, 0.3) is 0 Å². The van der Waals surface area contributed by atoms with Crippen molar-refractivity contribution in [2.45, 2.75) is 25.3 Å². The molecule has 2 aromatic heterocycles. The van der Waals surface area contributed by atoms with E-state index in [4.69, 9.17) is 11.6 Å². The summed E-state index contributed by atoms with van der Waals surface area (Å²) >= 11 is 7.15. The Morgan fingerprint density at radius 1 is 1.19 bits per heavy atom. The van der Waals surface area contributed by atoms with Gasteiger partial charge in [-0.1, -0.05) is 16.8 Å². The van der Waals surface area contributed by atoms with Crippen LogP contribution in [0.3, 0.4) is 0 Å². The molecule has 0 bridgehead atoms. The summed E-state index contributed by atoms with van der Waals surface area (Å²) < 4.78 is 29.2. The molecule has 27 heavy (non-hydrogen) atoms. The van der Waals surface area contributed by atoms with E-state index in [9.17, 15) is 13.7 Å². The van der Waals surface area contributed by atoms with Gasteiger partial charge in [0.1, 0.15) is 11.6 Å². The van der Waals surface area contributed by atoms with Crippen molar-refractivity contribution in [3.63, 3.8) is 0 Å². The number of thiophene rings is 1. The van der Waals surface area contributed by atoms with Gasteiger partial charge in [0.05, 0.1) is 26.8 Å². The molecule has 1 atom stereocenters. The molecule has 3 aromatic rings. The summed E-state index contributed by atoms with van der Waals surface area (Å²) in [6.07, 6.45) is 2.19. The summed E-state index contributed by atoms with van der Waals surface area (Å²) in [7, 11) is 0. The van der Waals surface area contributed by atoms with Crippen LogP contribution in [0.25, 0.3) is 21.6 Å². The first-order chi connectivity index (χ1) is 13.1. The van der Waals surface area contributed by atoms with Crippen LogP contribution in [0.15, 0.2) is 28.8 Å². The van der Waals surface area contributed by atoms with Crippen molar-refractivity contribution in [3.8, 4) is 11.4 Å². The molecule has 1 saturated heterocycles. The third-order valence-corrected chi connectivity index (χ3v) is 5.87. The second-order valence-electron chi connectivity index (χ2n) is 6.43. The van der Waals surface area contributed by atoms with E-state index in [0.717, 1.165) is 29.7 Å². The Balaban J connectivity index is 1.81. The maximum absolute atomic E-state index is 14.4. The van der Waals surface area contributed by atoms with E-state index >= 15 is 0 Å². The number of hydrogen-bond acceptors (Lipinski definition) is 6. The van der Waals surface area contributed by atoms with E-state index in [-0.39, 0.29) is 22.5 Å². The van der Waals surface area contributed by atoms with Crippen LogP contribution in [0.1, 0.15) is 19.3 Å². The van der Waals surface area contributed by atoms with Gasteiger partial charge in [-0.2, -0.15) is 4.91 Å². The zero-order valence-electron chi connectivity index (χ0n) is 14.2. The van der Waals surface area contributed by atoms with Gasteiger partial charge >= 0.3 is 0 Å². The van der Waals surface area contributed by atoms with Gasteiger partial charge in [-0.05, 0) is 42.8 Å². The van der Waals surface area contributed by atoms with Crippen LogP contribution in [0, 0.1) is 16.5 Å². The first-order valence-corrected chi connectivity index (χ1v) is 9.80. The van der Waals surface area contributed by atoms with Crippen LogP contribution in [0.4, 0.5) is 14.6 Å². The van der Waals surface area contributed by atoms with Gasteiger partial charge in [-0.15, -0.1) is 11.3 Å². The van der Waals surface area contributed by atoms with E-state index in [1.165, 1.54) is 11.3 Å². The fourth-order valence-corrected chi connectivity index (χ4v) is 4.27. The number of anilines is 1. The Labute approximate surface area is 163 Å². The molecule has 0 amide bonds. The Kier molecular flexibility index (Phi) is 5.01. The van der Waals surface area contributed by atoms with E-state index in [2.05, 4.69) is 20.0 Å². The number of halogens is 3. The van der Waals surface area contributed by atoms with Crippen LogP contribution < -0.4 is 4.90 Å². The zero-order valence-corrected chi connectivity index (χ0v) is 15.7. The lowest BCUT2D eigenvalue weighted by molar-refractivity contribution is 0.599. The molecule has 1 aliphatic rings. The number of hydrogen-bond donors (Lipinski definition) is 0. The van der Waals surface area contributed by atoms with Crippen molar-refractivity contribution in [1.82, 2.24) is 9.97 Å². The third-order valence-electron chi connectivity index (χ3n) is 4.68. The topological polar surface area (TPSA) is 58.5 Å². The van der Waals surface area contributed by atoms with Crippen LogP contribution in [-0.4, -0.2) is 29.1 Å². The Hall–Kier alpha value is -2.19. The largest absolute Gasteiger partial charge is 0.355 e. The fourth-order valence-electron chi connectivity index (χ4n) is 3.27. The molecule has 0 saturated carbocycles. The number of aromatic nitrogens is 2. The third kappa shape index (κ3) is 3.51. The zero-order chi connectivity index (χ0) is 19.0. The highest BCUT2D eigenvalue weighted by Gasteiger charge is 2.23. The van der Waals surface area contributed by atoms with E-state index in [1.54, 1.807) is 0 Å². The second-order valence-corrected chi connectivity index (χ2v) is 7.75. The molecular formula is C18H15ClF2N4OS. The highest BCUT2D eigenvalue weighted by atomic mass is 35.5. The van der Waals surface area contributed by atoms with Gasteiger partial charge < -0.3 is 4.90 Å². The maximum atomic E-state index is 14.4. The summed E-state index contributed by atoms with van der Waals surface area (Å²) in [5, 5.41) is 4.78. The van der Waals surface area contributed by atoms with Crippen molar-refractivity contribution in [1.29, 1.82) is 0 Å². The van der Waals surface area contributed by atoms with Gasteiger partial charge in [-0.25, -0.2) is 18.7 Å². The highest BCUT2D eigenvalue weighted by molar-refractivity contribution is 7.17. The van der Waals surface area contributed by atoms with Crippen LogP contribution in [0.2, 0.25) is 5.02 Å². The number of fused-ring (bicyclic) bond motifs is 1. The molecule has 0 radical (unpaired) electrons. The average molecular weight is 409 g/mol. The summed E-state index contributed by atoms with van der Waals surface area (Å²) in [6.45, 7) is 1.34. The number of rotatable bonds is 3. The Morgan fingerprint density at radius 2 is 2.04 bits per heavy atom. The molecule has 1 fully saturated rings. The molecule has 1 aliphatic heterocycles. The summed E-state index contributed by atoms with van der Waals surface area (Å²) in [6, 6.07) is 3.58. The smallest absolute Gasteiger partial charge is 0.165 e. The first kappa shape index (κ1) is 18.2. The fraction of sp³-hybridized carbons (Fsp3) is 0.333. The molecule has 140 valence electrons. The van der Waals surface area contributed by atoms with Crippen LogP contribution in [0.5, 0.6) is 0 Å². The normalized spacial score (nSPS) is 17.9. The molecule has 0 spiro atoms. The van der Waals surface area contributed by atoms with E-state index in [0.29, 0.717) is 30.8 Å². The lowest BCUT2D eigenvalue weighted by Crippen LogP contribution is -2.25. The summed E-state index contributed by atoms with van der Waals surface area (Å²) in [5.74, 6) is -0.620. The van der Waals surface area contributed by atoms with Crippen molar-refractivity contribution in [3.05, 3.63) is 45.1 Å². The average Bonchev–Trinajstić information content (AvgIpc) is 3.00. The summed E-state index contributed by atoms with van der Waals surface area (Å²) in [5.41, 5.74) is 0.637. The lowest BCUT2D eigenvalue weighted by Gasteiger charge is -2.22. The van der Waals surface area contributed by atoms with Crippen molar-refractivity contribution < 1.29 is 8.78 Å². The van der Waals surface area contributed by atoms with Crippen molar-refractivity contribution in [2.24, 2.45) is 5.18 Å². The van der Waals surface area contributed by atoms with Gasteiger partial charge in [0.2, 0.25) is 0 Å². The van der Waals surface area contributed by atoms with Crippen LogP contribution in [-0.2, 0) is 0 Å². The van der Waals surface area contributed by atoms with Crippen LogP contribution >= 0.6 is 22.9 Å². The molecule has 0 N–H and O–H groups in total. The molecular weight excluding hydrogens is 394 g/mol. The minimum absolute atomic E-state index is 0.0338. The minimum Gasteiger partial charge on any atom is -0.355 e. The quantitative estimate of drug-likeness (QED) is 0.429. The van der Waals surface area contributed by atoms with E-state index in [1.807, 2.05) is 11.4 Å². The molecule has 4 rings (SSSR count). The molecule has 3 heterocycles. The molecule has 1 unspecified atom stereocenters. The molecule has 5 nitrogen and oxygen atoms in total. The SMILES string of the molecule is O=NC1CCCN(c2nc(-c3cc(F)c(Cl)cc3F)nc3ccsc23)CC1. The second kappa shape index (κ2) is 7.44. The lowest BCUT2D eigenvalue weighted by atomic mass is 10.1. The number of benzene rings is 1.